The fourth-order valence-electron chi connectivity index (χ4n) is 4.33. The molecule has 0 saturated heterocycles. The van der Waals surface area contributed by atoms with Crippen molar-refractivity contribution >= 4 is 30.8 Å². The highest BCUT2D eigenvalue weighted by Gasteiger charge is 2.36. The number of nitrogens with one attached hydrogen (secondary N) is 1. The standard InChI is InChI=1S/C25H28FN3O5Si/c1-33-17-6-7-19-15(11-17)9-10-29(23(31)14-18-13-22(30)28-34-18)24(19)25(32)27-16-5-8-21(20(26)12-16)35(2,3)4/h5-8,11-13,24H,9-10,14H2,1-4H3,(H,27,32)(H,28,30)/t24-/m1/s1. The van der Waals surface area contributed by atoms with E-state index in [1.807, 2.05) is 6.07 Å². The molecule has 1 atom stereocenters. The number of amides is 2. The Hall–Kier alpha value is -3.66. The topological polar surface area (TPSA) is 105 Å². The number of ether oxygens (including phenoxy) is 1. The number of anilines is 1. The summed E-state index contributed by atoms with van der Waals surface area (Å²) in [6.45, 7) is 6.44. The van der Waals surface area contributed by atoms with E-state index in [0.29, 0.717) is 35.2 Å². The SMILES string of the molecule is COc1ccc2c(c1)CCN(C(=O)Cc1cc(O)no1)[C@H]2C(=O)Nc1ccc([Si](C)(C)C)c(F)c1. The molecule has 0 unspecified atom stereocenters. The van der Waals surface area contributed by atoms with E-state index in [-0.39, 0.29) is 29.8 Å². The monoisotopic (exact) mass is 497 g/mol. The number of fused-ring (bicyclic) bond motifs is 1. The molecule has 10 heteroatoms. The molecular formula is C25H28FN3O5Si. The van der Waals surface area contributed by atoms with Crippen molar-refractivity contribution in [1.82, 2.24) is 10.1 Å². The summed E-state index contributed by atoms with van der Waals surface area (Å²) in [7, 11) is -0.310. The first-order valence-electron chi connectivity index (χ1n) is 11.3. The van der Waals surface area contributed by atoms with E-state index in [1.165, 1.54) is 17.0 Å². The van der Waals surface area contributed by atoms with Crippen molar-refractivity contribution in [3.8, 4) is 11.6 Å². The van der Waals surface area contributed by atoms with Gasteiger partial charge in [0.1, 0.15) is 23.4 Å². The maximum atomic E-state index is 14.8. The summed E-state index contributed by atoms with van der Waals surface area (Å²) in [5, 5.41) is 16.3. The number of rotatable bonds is 6. The lowest BCUT2D eigenvalue weighted by Gasteiger charge is -2.36. The van der Waals surface area contributed by atoms with E-state index in [4.69, 9.17) is 9.26 Å². The quantitative estimate of drug-likeness (QED) is 0.506. The maximum absolute atomic E-state index is 14.8. The number of aromatic hydroxyl groups is 1. The number of halogens is 1. The molecular weight excluding hydrogens is 469 g/mol. The largest absolute Gasteiger partial charge is 0.497 e. The van der Waals surface area contributed by atoms with E-state index in [9.17, 15) is 19.1 Å². The Bertz CT molecular complexity index is 1270. The second-order valence-electron chi connectivity index (χ2n) is 9.57. The number of benzene rings is 2. The van der Waals surface area contributed by atoms with Crippen LogP contribution >= 0.6 is 0 Å². The van der Waals surface area contributed by atoms with Gasteiger partial charge in [0.2, 0.25) is 5.91 Å². The number of carbonyl (C=O) groups is 2. The molecule has 2 aromatic carbocycles. The Morgan fingerprint density at radius 2 is 2.00 bits per heavy atom. The van der Waals surface area contributed by atoms with Crippen molar-refractivity contribution < 1.29 is 28.3 Å². The van der Waals surface area contributed by atoms with Crippen LogP contribution in [-0.4, -0.2) is 48.7 Å². The molecule has 2 amide bonds. The highest BCUT2D eigenvalue weighted by Crippen LogP contribution is 2.34. The molecule has 0 fully saturated rings. The molecule has 2 heterocycles. The normalized spacial score (nSPS) is 15.5. The van der Waals surface area contributed by atoms with Gasteiger partial charge in [-0.3, -0.25) is 9.59 Å². The Kier molecular flexibility index (Phi) is 6.66. The summed E-state index contributed by atoms with van der Waals surface area (Å²) >= 11 is 0. The molecule has 2 N–H and O–H groups in total. The van der Waals surface area contributed by atoms with Gasteiger partial charge in [-0.05, 0) is 52.2 Å². The Balaban J connectivity index is 1.65. The van der Waals surface area contributed by atoms with Crippen LogP contribution in [0, 0.1) is 5.82 Å². The van der Waals surface area contributed by atoms with E-state index < -0.39 is 20.0 Å². The van der Waals surface area contributed by atoms with Crippen molar-refractivity contribution in [3.05, 3.63) is 65.2 Å². The third kappa shape index (κ3) is 5.22. The van der Waals surface area contributed by atoms with Crippen molar-refractivity contribution in [1.29, 1.82) is 0 Å². The minimum atomic E-state index is -1.88. The molecule has 1 aliphatic rings. The molecule has 0 bridgehead atoms. The second kappa shape index (κ2) is 9.53. The van der Waals surface area contributed by atoms with Gasteiger partial charge >= 0.3 is 0 Å². The summed E-state index contributed by atoms with van der Waals surface area (Å²) in [6.07, 6.45) is 0.367. The minimum Gasteiger partial charge on any atom is -0.497 e. The summed E-state index contributed by atoms with van der Waals surface area (Å²) in [4.78, 5) is 28.2. The number of carbonyl (C=O) groups excluding carboxylic acids is 2. The van der Waals surface area contributed by atoms with Crippen LogP contribution in [0.2, 0.25) is 19.6 Å². The van der Waals surface area contributed by atoms with Crippen LogP contribution < -0.4 is 15.2 Å². The van der Waals surface area contributed by atoms with Gasteiger partial charge in [0.05, 0.1) is 21.6 Å². The minimum absolute atomic E-state index is 0.164. The van der Waals surface area contributed by atoms with Gasteiger partial charge in [-0.1, -0.05) is 31.8 Å². The smallest absolute Gasteiger partial charge is 0.251 e. The zero-order valence-electron chi connectivity index (χ0n) is 20.1. The Labute approximate surface area is 203 Å². The second-order valence-corrected chi connectivity index (χ2v) is 14.6. The first kappa shape index (κ1) is 24.5. The molecule has 0 aliphatic carbocycles. The van der Waals surface area contributed by atoms with Crippen molar-refractivity contribution in [3.63, 3.8) is 0 Å². The molecule has 0 saturated carbocycles. The Morgan fingerprint density at radius 1 is 1.23 bits per heavy atom. The van der Waals surface area contributed by atoms with E-state index in [0.717, 1.165) is 5.56 Å². The maximum Gasteiger partial charge on any atom is 0.251 e. The van der Waals surface area contributed by atoms with Gasteiger partial charge in [0.15, 0.2) is 0 Å². The lowest BCUT2D eigenvalue weighted by molar-refractivity contribution is -0.139. The highest BCUT2D eigenvalue weighted by molar-refractivity contribution is 6.88. The fourth-order valence-corrected chi connectivity index (χ4v) is 5.70. The van der Waals surface area contributed by atoms with E-state index in [2.05, 4.69) is 30.1 Å². The number of aromatic nitrogens is 1. The summed E-state index contributed by atoms with van der Waals surface area (Å²) < 4.78 is 25.1. The number of nitrogens with zero attached hydrogens (tertiary/aromatic N) is 2. The van der Waals surface area contributed by atoms with Crippen molar-refractivity contribution in [2.75, 3.05) is 19.0 Å². The number of hydrogen-bond acceptors (Lipinski definition) is 6. The molecule has 4 rings (SSSR count). The zero-order chi connectivity index (χ0) is 25.3. The first-order valence-corrected chi connectivity index (χ1v) is 14.8. The molecule has 35 heavy (non-hydrogen) atoms. The predicted molar refractivity (Wildman–Crippen MR) is 131 cm³/mol. The van der Waals surface area contributed by atoms with Crippen LogP contribution in [0.15, 0.2) is 47.0 Å². The third-order valence-corrected chi connectivity index (χ3v) is 8.09. The molecule has 1 aliphatic heterocycles. The van der Waals surface area contributed by atoms with Gasteiger partial charge in [0, 0.05) is 18.3 Å². The summed E-state index contributed by atoms with van der Waals surface area (Å²) in [6, 6.07) is 10.4. The number of methoxy groups -OCH3 is 1. The fraction of sp³-hybridized carbons (Fsp3) is 0.320. The van der Waals surface area contributed by atoms with Gasteiger partial charge in [-0.15, -0.1) is 0 Å². The average Bonchev–Trinajstić information content (AvgIpc) is 3.21. The van der Waals surface area contributed by atoms with Crippen LogP contribution in [0.25, 0.3) is 0 Å². The Morgan fingerprint density at radius 3 is 2.63 bits per heavy atom. The highest BCUT2D eigenvalue weighted by atomic mass is 28.3. The van der Waals surface area contributed by atoms with E-state index in [1.54, 1.807) is 31.4 Å². The molecule has 184 valence electrons. The lowest BCUT2D eigenvalue weighted by atomic mass is 9.91. The van der Waals surface area contributed by atoms with Gasteiger partial charge in [-0.25, -0.2) is 4.39 Å². The molecule has 3 aromatic rings. The van der Waals surface area contributed by atoms with Gasteiger partial charge in [-0.2, -0.15) is 0 Å². The van der Waals surface area contributed by atoms with E-state index >= 15 is 0 Å². The molecule has 0 spiro atoms. The van der Waals surface area contributed by atoms with Crippen LogP contribution in [0.1, 0.15) is 22.9 Å². The lowest BCUT2D eigenvalue weighted by Crippen LogP contribution is -2.46. The molecule has 1 aromatic heterocycles. The van der Waals surface area contributed by atoms with Crippen LogP contribution in [0.5, 0.6) is 11.6 Å². The molecule has 0 radical (unpaired) electrons. The van der Waals surface area contributed by atoms with Gasteiger partial charge < -0.3 is 24.6 Å². The average molecular weight is 498 g/mol. The van der Waals surface area contributed by atoms with Crippen molar-refractivity contribution in [2.45, 2.75) is 38.5 Å². The van der Waals surface area contributed by atoms with Crippen LogP contribution in [-0.2, 0) is 22.4 Å². The third-order valence-electron chi connectivity index (χ3n) is 6.06. The van der Waals surface area contributed by atoms with Gasteiger partial charge in [0.25, 0.3) is 11.8 Å². The zero-order valence-corrected chi connectivity index (χ0v) is 21.1. The van der Waals surface area contributed by atoms with Crippen LogP contribution in [0.3, 0.4) is 0 Å². The van der Waals surface area contributed by atoms with Crippen LogP contribution in [0.4, 0.5) is 10.1 Å². The number of hydrogen-bond donors (Lipinski definition) is 2. The molecule has 8 nitrogen and oxygen atoms in total. The summed E-state index contributed by atoms with van der Waals surface area (Å²) in [5.74, 6) is -0.635. The predicted octanol–water partition coefficient (Wildman–Crippen LogP) is 3.38. The van der Waals surface area contributed by atoms with Crippen molar-refractivity contribution in [2.24, 2.45) is 0 Å². The first-order chi connectivity index (χ1) is 16.6. The summed E-state index contributed by atoms with van der Waals surface area (Å²) in [5.41, 5.74) is 1.89.